The Kier molecular flexibility index (Phi) is 13.7. The molecule has 1 rings (SSSR count). The lowest BCUT2D eigenvalue weighted by molar-refractivity contribution is 0.194. The Morgan fingerprint density at radius 2 is 1.54 bits per heavy atom. The minimum Gasteiger partial charge on any atom is -0.395 e. The summed E-state index contributed by atoms with van der Waals surface area (Å²) in [6.45, 7) is 3.23. The largest absolute Gasteiger partial charge is 0.395 e. The van der Waals surface area contributed by atoms with Crippen LogP contribution in [0.1, 0.15) is 90.4 Å². The number of hydrogen-bond donors (Lipinski definition) is 2. The van der Waals surface area contributed by atoms with Crippen molar-refractivity contribution in [1.29, 1.82) is 0 Å². The zero-order valence-electron chi connectivity index (χ0n) is 15.9. The molecule has 0 radical (unpaired) electrons. The van der Waals surface area contributed by atoms with Crippen LogP contribution < -0.4 is 5.32 Å². The molecule has 0 saturated carbocycles. The third kappa shape index (κ3) is 10.7. The van der Waals surface area contributed by atoms with Gasteiger partial charge in [-0.15, -0.1) is 0 Å². The first-order valence-electron chi connectivity index (χ1n) is 10.3. The van der Waals surface area contributed by atoms with E-state index < -0.39 is 0 Å². The van der Waals surface area contributed by atoms with Gasteiger partial charge in [0.15, 0.2) is 0 Å². The number of rotatable bonds is 16. The van der Waals surface area contributed by atoms with Crippen LogP contribution >= 0.6 is 0 Å². The van der Waals surface area contributed by atoms with Crippen LogP contribution in [0.3, 0.4) is 0 Å². The quantitative estimate of drug-likeness (QED) is 0.295. The number of β-amino-alcohol motifs (C(OH)–C–C–N with tert-alkyl or cyclic N) is 1. The average molecular weight is 337 g/mol. The standard InChI is InChI=1S/C21H40N2O/c1-2-3-4-5-6-7-8-9-10-11-12-13-14-15-16-21-22-17-18-23(21)19-20-24/h6-7,17-18,21-22,24H,2-5,8-16,19-20H2,1H3/b7-6+. The van der Waals surface area contributed by atoms with Crippen molar-refractivity contribution < 1.29 is 5.11 Å². The zero-order valence-corrected chi connectivity index (χ0v) is 15.9. The van der Waals surface area contributed by atoms with Crippen LogP contribution in [0.5, 0.6) is 0 Å². The van der Waals surface area contributed by atoms with Gasteiger partial charge in [0, 0.05) is 18.9 Å². The molecule has 0 aliphatic carbocycles. The van der Waals surface area contributed by atoms with Crippen molar-refractivity contribution in [3.05, 3.63) is 24.6 Å². The SMILES string of the molecule is CCCCC/C=C/CCCCCCCCCC1NC=CN1CCO. The van der Waals surface area contributed by atoms with Crippen LogP contribution in [-0.2, 0) is 0 Å². The normalized spacial score (nSPS) is 17.1. The van der Waals surface area contributed by atoms with Gasteiger partial charge in [-0.1, -0.05) is 64.0 Å². The lowest BCUT2D eigenvalue weighted by Crippen LogP contribution is -2.36. The molecule has 0 amide bonds. The summed E-state index contributed by atoms with van der Waals surface area (Å²) >= 11 is 0. The molecule has 0 aromatic heterocycles. The lowest BCUT2D eigenvalue weighted by Gasteiger charge is -2.24. The van der Waals surface area contributed by atoms with E-state index in [1.807, 2.05) is 6.20 Å². The first kappa shape index (κ1) is 21.1. The third-order valence-electron chi connectivity index (χ3n) is 4.80. The van der Waals surface area contributed by atoms with Crippen LogP contribution in [0.15, 0.2) is 24.6 Å². The lowest BCUT2D eigenvalue weighted by atomic mass is 10.1. The highest BCUT2D eigenvalue weighted by Crippen LogP contribution is 2.14. The third-order valence-corrected chi connectivity index (χ3v) is 4.80. The summed E-state index contributed by atoms with van der Waals surface area (Å²) in [5.41, 5.74) is 0. The summed E-state index contributed by atoms with van der Waals surface area (Å²) in [6.07, 6.45) is 26.5. The average Bonchev–Trinajstić information content (AvgIpc) is 3.03. The molecule has 0 aromatic carbocycles. The van der Waals surface area contributed by atoms with Crippen molar-refractivity contribution in [3.8, 4) is 0 Å². The molecule has 0 bridgehead atoms. The fourth-order valence-electron chi connectivity index (χ4n) is 3.28. The van der Waals surface area contributed by atoms with Gasteiger partial charge in [-0.3, -0.25) is 0 Å². The number of allylic oxidation sites excluding steroid dienone is 2. The Balaban J connectivity index is 1.81. The van der Waals surface area contributed by atoms with Gasteiger partial charge in [0.05, 0.1) is 12.8 Å². The second kappa shape index (κ2) is 15.6. The van der Waals surface area contributed by atoms with Gasteiger partial charge in [-0.2, -0.15) is 0 Å². The van der Waals surface area contributed by atoms with Crippen LogP contribution in [0.25, 0.3) is 0 Å². The molecule has 0 fully saturated rings. The maximum absolute atomic E-state index is 9.03. The molecule has 1 unspecified atom stereocenters. The molecule has 1 aliphatic heterocycles. The van der Waals surface area contributed by atoms with E-state index in [1.54, 1.807) is 0 Å². The van der Waals surface area contributed by atoms with Gasteiger partial charge >= 0.3 is 0 Å². The first-order chi connectivity index (χ1) is 11.9. The number of unbranched alkanes of at least 4 members (excludes halogenated alkanes) is 10. The molecule has 1 atom stereocenters. The van der Waals surface area contributed by atoms with Crippen molar-refractivity contribution in [1.82, 2.24) is 10.2 Å². The maximum atomic E-state index is 9.03. The summed E-state index contributed by atoms with van der Waals surface area (Å²) in [5, 5.41) is 12.4. The molecule has 1 heterocycles. The second-order valence-corrected chi connectivity index (χ2v) is 6.98. The Morgan fingerprint density at radius 1 is 0.917 bits per heavy atom. The highest BCUT2D eigenvalue weighted by molar-refractivity contribution is 4.93. The Hall–Kier alpha value is -0.960. The second-order valence-electron chi connectivity index (χ2n) is 6.98. The van der Waals surface area contributed by atoms with Gasteiger partial charge < -0.3 is 15.3 Å². The number of hydrogen-bond acceptors (Lipinski definition) is 3. The van der Waals surface area contributed by atoms with E-state index in [9.17, 15) is 0 Å². The minimum absolute atomic E-state index is 0.233. The van der Waals surface area contributed by atoms with Crippen molar-refractivity contribution in [2.45, 2.75) is 96.6 Å². The fraction of sp³-hybridized carbons (Fsp3) is 0.810. The monoisotopic (exact) mass is 336 g/mol. The molecular weight excluding hydrogens is 296 g/mol. The van der Waals surface area contributed by atoms with Crippen LogP contribution in [0, 0.1) is 0 Å². The summed E-state index contributed by atoms with van der Waals surface area (Å²) in [7, 11) is 0. The molecule has 140 valence electrons. The predicted molar refractivity (Wildman–Crippen MR) is 105 cm³/mol. The van der Waals surface area contributed by atoms with Crippen molar-refractivity contribution in [2.75, 3.05) is 13.2 Å². The summed E-state index contributed by atoms with van der Waals surface area (Å²) in [5.74, 6) is 0. The van der Waals surface area contributed by atoms with Gasteiger partial charge in [-0.05, 0) is 38.5 Å². The summed E-state index contributed by atoms with van der Waals surface area (Å²) in [6, 6.07) is 0. The molecule has 0 aromatic rings. The number of aliphatic hydroxyl groups excluding tert-OH is 1. The fourth-order valence-corrected chi connectivity index (χ4v) is 3.28. The van der Waals surface area contributed by atoms with Crippen LogP contribution in [-0.4, -0.2) is 29.3 Å². The van der Waals surface area contributed by atoms with E-state index in [1.165, 1.54) is 83.5 Å². The number of nitrogens with zero attached hydrogens (tertiary/aromatic N) is 1. The van der Waals surface area contributed by atoms with Gasteiger partial charge in [-0.25, -0.2) is 0 Å². The van der Waals surface area contributed by atoms with E-state index >= 15 is 0 Å². The smallest absolute Gasteiger partial charge is 0.0982 e. The maximum Gasteiger partial charge on any atom is 0.0982 e. The Bertz CT molecular complexity index is 328. The summed E-state index contributed by atoms with van der Waals surface area (Å²) < 4.78 is 0. The number of nitrogens with one attached hydrogen (secondary N) is 1. The van der Waals surface area contributed by atoms with E-state index in [0.29, 0.717) is 6.17 Å². The van der Waals surface area contributed by atoms with Crippen molar-refractivity contribution in [3.63, 3.8) is 0 Å². The van der Waals surface area contributed by atoms with E-state index in [-0.39, 0.29) is 6.61 Å². The zero-order chi connectivity index (χ0) is 17.3. The summed E-state index contributed by atoms with van der Waals surface area (Å²) in [4.78, 5) is 2.20. The van der Waals surface area contributed by atoms with Crippen LogP contribution in [0.4, 0.5) is 0 Å². The molecule has 24 heavy (non-hydrogen) atoms. The van der Waals surface area contributed by atoms with Crippen molar-refractivity contribution in [2.24, 2.45) is 0 Å². The van der Waals surface area contributed by atoms with E-state index in [4.69, 9.17) is 5.11 Å². The molecule has 0 spiro atoms. The highest BCUT2D eigenvalue weighted by atomic mass is 16.3. The molecule has 0 saturated heterocycles. The highest BCUT2D eigenvalue weighted by Gasteiger charge is 2.16. The van der Waals surface area contributed by atoms with Gasteiger partial charge in [0.1, 0.15) is 0 Å². The Labute approximate surface area is 150 Å². The molecule has 3 heteroatoms. The molecule has 1 aliphatic rings. The van der Waals surface area contributed by atoms with E-state index in [2.05, 4.69) is 35.5 Å². The van der Waals surface area contributed by atoms with Gasteiger partial charge in [0.2, 0.25) is 0 Å². The van der Waals surface area contributed by atoms with E-state index in [0.717, 1.165) is 6.54 Å². The Morgan fingerprint density at radius 3 is 2.21 bits per heavy atom. The molecular formula is C21H40N2O. The number of aliphatic hydroxyl groups is 1. The van der Waals surface area contributed by atoms with Crippen LogP contribution in [0.2, 0.25) is 0 Å². The topological polar surface area (TPSA) is 35.5 Å². The predicted octanol–water partition coefficient (Wildman–Crippen LogP) is 5.33. The van der Waals surface area contributed by atoms with Crippen molar-refractivity contribution >= 4 is 0 Å². The molecule has 2 N–H and O–H groups in total. The minimum atomic E-state index is 0.233. The molecule has 3 nitrogen and oxygen atoms in total. The van der Waals surface area contributed by atoms with Gasteiger partial charge in [0.25, 0.3) is 0 Å². The first-order valence-corrected chi connectivity index (χ1v) is 10.3.